The maximum Gasteiger partial charge on any atom is 0.315 e. The Morgan fingerprint density at radius 2 is 1.73 bits per heavy atom. The van der Waals surface area contributed by atoms with Crippen LogP contribution in [0.2, 0.25) is 0 Å². The largest absolute Gasteiger partial charge is 0.377 e. The van der Waals surface area contributed by atoms with Crippen LogP contribution in [0.25, 0.3) is 10.8 Å². The van der Waals surface area contributed by atoms with Crippen molar-refractivity contribution in [1.29, 1.82) is 0 Å². The number of amides is 4. The second-order valence-electron chi connectivity index (χ2n) is 12.2. The predicted octanol–water partition coefficient (Wildman–Crippen LogP) is 2.37. The van der Waals surface area contributed by atoms with Crippen LogP contribution in [0, 0.1) is 0 Å². The van der Waals surface area contributed by atoms with E-state index in [1.165, 1.54) is 6.07 Å². The first kappa shape index (κ1) is 38.1. The number of benzene rings is 2. The summed E-state index contributed by atoms with van der Waals surface area (Å²) in [4.78, 5) is 39.1. The van der Waals surface area contributed by atoms with Crippen LogP contribution in [0.3, 0.4) is 0 Å². The monoisotopic (exact) mass is 742 g/mol. The van der Waals surface area contributed by atoms with Crippen molar-refractivity contribution in [2.75, 3.05) is 49.8 Å². The number of hydrogen-bond acceptors (Lipinski definition) is 10. The summed E-state index contributed by atoms with van der Waals surface area (Å²) in [7, 11) is -2.97. The van der Waals surface area contributed by atoms with Crippen molar-refractivity contribution in [3.63, 3.8) is 0 Å². The van der Waals surface area contributed by atoms with Gasteiger partial charge in [-0.15, -0.1) is 0 Å². The molecule has 2 aromatic carbocycles. The lowest BCUT2D eigenvalue weighted by atomic mass is 10.0. The Kier molecular flexibility index (Phi) is 13.7. The van der Waals surface area contributed by atoms with Crippen molar-refractivity contribution in [3.05, 3.63) is 36.4 Å². The van der Waals surface area contributed by atoms with Gasteiger partial charge in [0.05, 0.1) is 17.0 Å². The molecule has 0 bridgehead atoms. The molecule has 4 rings (SSSR count). The van der Waals surface area contributed by atoms with E-state index in [1.807, 2.05) is 42.9 Å². The molecular formula is C31H46N6O7S4. The van der Waals surface area contributed by atoms with E-state index in [2.05, 4.69) is 26.0 Å². The number of carbonyl (C=O) groups excluding carboxylic acids is 3. The molecule has 2 fully saturated rings. The van der Waals surface area contributed by atoms with Crippen molar-refractivity contribution in [1.82, 2.24) is 26.0 Å². The van der Waals surface area contributed by atoms with Gasteiger partial charge in [0.2, 0.25) is 21.8 Å². The quantitative estimate of drug-likeness (QED) is 0.0815. The van der Waals surface area contributed by atoms with Crippen LogP contribution < -0.4 is 30.9 Å². The third-order valence-corrected chi connectivity index (χ3v) is 13.9. The van der Waals surface area contributed by atoms with Gasteiger partial charge in [0.25, 0.3) is 0 Å². The van der Waals surface area contributed by atoms with Gasteiger partial charge in [0, 0.05) is 73.1 Å². The number of nitrogens with one attached hydrogen (secondary N) is 5. The van der Waals surface area contributed by atoms with Crippen LogP contribution in [0.4, 0.5) is 10.5 Å². The van der Waals surface area contributed by atoms with Gasteiger partial charge in [-0.3, -0.25) is 9.59 Å². The zero-order valence-electron chi connectivity index (χ0n) is 27.5. The van der Waals surface area contributed by atoms with E-state index in [4.69, 9.17) is 0 Å². The third-order valence-electron chi connectivity index (χ3n) is 8.27. The lowest BCUT2D eigenvalue weighted by molar-refractivity contribution is -0.123. The number of fused-ring (bicyclic) bond motifs is 2. The number of hydrogen-bond donors (Lipinski definition) is 5. The average molecular weight is 743 g/mol. The van der Waals surface area contributed by atoms with E-state index in [0.717, 1.165) is 42.3 Å². The zero-order chi connectivity index (χ0) is 34.9. The Balaban J connectivity index is 1.28. The maximum absolute atomic E-state index is 13.7. The van der Waals surface area contributed by atoms with Gasteiger partial charge < -0.3 is 26.2 Å². The summed E-state index contributed by atoms with van der Waals surface area (Å²) in [6, 6.07) is 9.56. The van der Waals surface area contributed by atoms with E-state index in [9.17, 15) is 31.2 Å². The Hall–Kier alpha value is -2.73. The van der Waals surface area contributed by atoms with Gasteiger partial charge in [0.1, 0.15) is 6.04 Å². The molecule has 0 saturated carbocycles. The standard InChI is InChI=1S/C31H46N6O7S4/c1-37(2)25-13-8-11-22-21(25)10-9-15-27(22)48(43,44)36-23(30(39)33-18-19-46-47(3,41)42)12-6-7-17-32-28(38)16-5-4-14-26-29-24(20-45-26)34-31(40)35-29/h8-11,13,15,23-24,26,29,36H,4-7,12,14,16-20H2,1-3H3,(H,32,38)(H,33,39)(H2,34,35,40). The first-order valence-electron chi connectivity index (χ1n) is 16.0. The van der Waals surface area contributed by atoms with Crippen LogP contribution in [0.1, 0.15) is 44.9 Å². The number of thioether (sulfide) groups is 1. The van der Waals surface area contributed by atoms with Gasteiger partial charge >= 0.3 is 6.03 Å². The van der Waals surface area contributed by atoms with Crippen molar-refractivity contribution in [2.45, 2.75) is 73.2 Å². The van der Waals surface area contributed by atoms with Gasteiger partial charge in [-0.2, -0.15) is 16.5 Å². The number of anilines is 1. The topological polar surface area (TPSA) is 183 Å². The van der Waals surface area contributed by atoms with E-state index < -0.39 is 30.8 Å². The van der Waals surface area contributed by atoms with E-state index in [-0.39, 0.29) is 47.6 Å². The molecule has 2 aromatic rings. The first-order chi connectivity index (χ1) is 22.7. The summed E-state index contributed by atoms with van der Waals surface area (Å²) in [5, 5.41) is 13.1. The molecule has 0 aliphatic carbocycles. The van der Waals surface area contributed by atoms with Crippen molar-refractivity contribution < 1.29 is 31.2 Å². The van der Waals surface area contributed by atoms with Gasteiger partial charge in [0.15, 0.2) is 8.87 Å². The molecule has 17 heteroatoms. The molecule has 0 radical (unpaired) electrons. The van der Waals surface area contributed by atoms with E-state index >= 15 is 0 Å². The van der Waals surface area contributed by atoms with Crippen LogP contribution in [-0.4, -0.2) is 103 Å². The van der Waals surface area contributed by atoms with E-state index in [1.54, 1.807) is 18.2 Å². The third kappa shape index (κ3) is 10.9. The summed E-state index contributed by atoms with van der Waals surface area (Å²) < 4.78 is 52.9. The number of sulfonamides is 1. The number of carbonyl (C=O) groups is 3. The summed E-state index contributed by atoms with van der Waals surface area (Å²) in [6.07, 6.45) is 5.22. The molecule has 13 nitrogen and oxygen atoms in total. The molecule has 2 aliphatic heterocycles. The van der Waals surface area contributed by atoms with E-state index in [0.29, 0.717) is 47.2 Å². The fraction of sp³-hybridized carbons (Fsp3) is 0.581. The highest BCUT2D eigenvalue weighted by molar-refractivity contribution is 8.71. The van der Waals surface area contributed by atoms with Crippen molar-refractivity contribution in [3.8, 4) is 0 Å². The first-order valence-corrected chi connectivity index (χ1v) is 22.0. The molecule has 4 atom stereocenters. The number of unbranched alkanes of at least 4 members (excludes halogenated alkanes) is 2. The molecule has 48 heavy (non-hydrogen) atoms. The number of urea groups is 1. The van der Waals surface area contributed by atoms with Crippen LogP contribution >= 0.6 is 22.6 Å². The zero-order valence-corrected chi connectivity index (χ0v) is 30.8. The van der Waals surface area contributed by atoms with Gasteiger partial charge in [-0.25, -0.2) is 21.6 Å². The predicted molar refractivity (Wildman–Crippen MR) is 194 cm³/mol. The highest BCUT2D eigenvalue weighted by Crippen LogP contribution is 2.33. The summed E-state index contributed by atoms with van der Waals surface area (Å²) in [5.74, 6) is 0.419. The SMILES string of the molecule is CN(C)c1cccc2c(S(=O)(=O)NC(CCCCNC(=O)CCCCC3SCC4NC(=O)NC43)C(=O)NCCSS(C)(=O)=O)cccc12. The van der Waals surface area contributed by atoms with Gasteiger partial charge in [-0.05, 0) is 55.0 Å². The highest BCUT2D eigenvalue weighted by atomic mass is 33.1. The highest BCUT2D eigenvalue weighted by Gasteiger charge is 2.42. The maximum atomic E-state index is 13.7. The Labute approximate surface area is 291 Å². The summed E-state index contributed by atoms with van der Waals surface area (Å²) in [6.45, 7) is 0.443. The van der Waals surface area contributed by atoms with Crippen molar-refractivity contribution >= 4 is 75.8 Å². The number of nitrogens with zero attached hydrogens (tertiary/aromatic N) is 1. The molecule has 0 spiro atoms. The molecule has 2 aliphatic rings. The van der Waals surface area contributed by atoms with Crippen molar-refractivity contribution in [2.24, 2.45) is 0 Å². The normalized spacial score (nSPS) is 19.7. The number of rotatable bonds is 19. The van der Waals surface area contributed by atoms with Gasteiger partial charge in [-0.1, -0.05) is 30.7 Å². The fourth-order valence-corrected chi connectivity index (χ4v) is 10.6. The second kappa shape index (κ2) is 17.3. The molecule has 266 valence electrons. The minimum absolute atomic E-state index is 0.0531. The average Bonchev–Trinajstić information content (AvgIpc) is 3.58. The fourth-order valence-electron chi connectivity index (χ4n) is 5.94. The van der Waals surface area contributed by atoms with Crippen LogP contribution in [0.5, 0.6) is 0 Å². The lowest BCUT2D eigenvalue weighted by Crippen LogP contribution is -2.47. The molecular weight excluding hydrogens is 697 g/mol. The second-order valence-corrected chi connectivity index (χ2v) is 19.8. The summed E-state index contributed by atoms with van der Waals surface area (Å²) >= 11 is 1.85. The minimum atomic E-state index is -4.14. The Morgan fingerprint density at radius 3 is 2.48 bits per heavy atom. The molecule has 5 N–H and O–H groups in total. The Bertz CT molecular complexity index is 1670. The lowest BCUT2D eigenvalue weighted by Gasteiger charge is -2.20. The molecule has 4 unspecified atom stereocenters. The minimum Gasteiger partial charge on any atom is -0.377 e. The van der Waals surface area contributed by atoms with Crippen LogP contribution in [0.15, 0.2) is 41.3 Å². The molecule has 0 aromatic heterocycles. The Morgan fingerprint density at radius 1 is 0.979 bits per heavy atom. The molecule has 2 heterocycles. The summed E-state index contributed by atoms with van der Waals surface area (Å²) in [5.41, 5.74) is 0.854. The van der Waals surface area contributed by atoms with Crippen LogP contribution in [-0.2, 0) is 28.5 Å². The molecule has 4 amide bonds. The molecule has 2 saturated heterocycles. The smallest absolute Gasteiger partial charge is 0.315 e.